The van der Waals surface area contributed by atoms with Gasteiger partial charge >= 0.3 is 0 Å². The van der Waals surface area contributed by atoms with Crippen molar-refractivity contribution in [3.8, 4) is 0 Å². The molecular formula is C9H20N2O2. The maximum absolute atomic E-state index is 8.74. The van der Waals surface area contributed by atoms with E-state index in [0.717, 1.165) is 18.7 Å². The molecule has 3 N–H and O–H groups in total. The Kier molecular flexibility index (Phi) is 7.93. The van der Waals surface area contributed by atoms with Crippen molar-refractivity contribution >= 4 is 0 Å². The predicted molar refractivity (Wildman–Crippen MR) is 53.7 cm³/mol. The number of rotatable bonds is 8. The summed E-state index contributed by atoms with van der Waals surface area (Å²) in [6.07, 6.45) is 0. The molecule has 0 amide bonds. The molecule has 13 heavy (non-hydrogen) atoms. The van der Waals surface area contributed by atoms with Crippen molar-refractivity contribution < 1.29 is 10.2 Å². The van der Waals surface area contributed by atoms with Crippen LogP contribution in [0, 0.1) is 0 Å². The average molecular weight is 188 g/mol. The Morgan fingerprint density at radius 3 is 2.23 bits per heavy atom. The Labute approximate surface area is 79.9 Å². The van der Waals surface area contributed by atoms with Crippen LogP contribution in [0.1, 0.15) is 0 Å². The smallest absolute Gasteiger partial charge is 0.0558 e. The summed E-state index contributed by atoms with van der Waals surface area (Å²) in [5, 5.41) is 20.5. The van der Waals surface area contributed by atoms with Gasteiger partial charge in [-0.3, -0.25) is 4.90 Å². The summed E-state index contributed by atoms with van der Waals surface area (Å²) in [5.41, 5.74) is 1.06. The van der Waals surface area contributed by atoms with Crippen LogP contribution in [0.2, 0.25) is 0 Å². The third-order valence-corrected chi connectivity index (χ3v) is 1.71. The van der Waals surface area contributed by atoms with Crippen molar-refractivity contribution in [3.05, 3.63) is 12.2 Å². The van der Waals surface area contributed by atoms with Crippen LogP contribution in [0.25, 0.3) is 0 Å². The molecule has 0 aromatic carbocycles. The number of hydrogen-bond acceptors (Lipinski definition) is 4. The molecule has 0 unspecified atom stereocenters. The van der Waals surface area contributed by atoms with Gasteiger partial charge in [-0.05, 0) is 12.6 Å². The minimum atomic E-state index is 0.118. The standard InChI is InChI=1S/C9H20N2O2/c1-9(7-10-2)8-11(3-5-12)4-6-13/h10,12-13H,1,3-8H2,2H3. The molecule has 4 nitrogen and oxygen atoms in total. The summed E-state index contributed by atoms with van der Waals surface area (Å²) in [6.45, 7) is 6.79. The first-order valence-electron chi connectivity index (χ1n) is 4.50. The molecule has 0 aliphatic rings. The quantitative estimate of drug-likeness (QED) is 0.430. The molecule has 0 saturated carbocycles. The molecule has 4 heteroatoms. The lowest BCUT2D eigenvalue weighted by Crippen LogP contribution is -2.33. The number of hydrogen-bond donors (Lipinski definition) is 3. The van der Waals surface area contributed by atoms with Crippen LogP contribution in [0.15, 0.2) is 12.2 Å². The van der Waals surface area contributed by atoms with Crippen LogP contribution in [0.4, 0.5) is 0 Å². The lowest BCUT2D eigenvalue weighted by Gasteiger charge is -2.21. The molecule has 0 fully saturated rings. The molecule has 0 aromatic heterocycles. The van der Waals surface area contributed by atoms with Gasteiger partial charge in [0.1, 0.15) is 0 Å². The highest BCUT2D eigenvalue weighted by Crippen LogP contribution is 1.94. The Bertz CT molecular complexity index is 134. The lowest BCUT2D eigenvalue weighted by molar-refractivity contribution is 0.169. The second-order valence-electron chi connectivity index (χ2n) is 3.00. The molecule has 0 aliphatic heterocycles. The van der Waals surface area contributed by atoms with E-state index >= 15 is 0 Å². The van der Waals surface area contributed by atoms with E-state index < -0.39 is 0 Å². The van der Waals surface area contributed by atoms with Crippen molar-refractivity contribution in [1.29, 1.82) is 0 Å². The topological polar surface area (TPSA) is 55.7 Å². The summed E-state index contributed by atoms with van der Waals surface area (Å²) < 4.78 is 0. The Morgan fingerprint density at radius 1 is 1.31 bits per heavy atom. The first-order chi connectivity index (χ1) is 6.24. The van der Waals surface area contributed by atoms with Gasteiger partial charge < -0.3 is 15.5 Å². The van der Waals surface area contributed by atoms with E-state index in [9.17, 15) is 0 Å². The van der Waals surface area contributed by atoms with Gasteiger partial charge in [0.2, 0.25) is 0 Å². The van der Waals surface area contributed by atoms with Crippen LogP contribution in [-0.2, 0) is 0 Å². The van der Waals surface area contributed by atoms with Gasteiger partial charge in [-0.15, -0.1) is 0 Å². The van der Waals surface area contributed by atoms with Crippen LogP contribution >= 0.6 is 0 Å². The fourth-order valence-corrected chi connectivity index (χ4v) is 1.17. The molecule has 0 spiro atoms. The summed E-state index contributed by atoms with van der Waals surface area (Å²) >= 11 is 0. The number of nitrogens with zero attached hydrogens (tertiary/aromatic N) is 1. The maximum Gasteiger partial charge on any atom is 0.0558 e. The van der Waals surface area contributed by atoms with E-state index in [-0.39, 0.29) is 13.2 Å². The molecule has 78 valence electrons. The zero-order valence-corrected chi connectivity index (χ0v) is 8.29. The van der Waals surface area contributed by atoms with Gasteiger partial charge in [-0.2, -0.15) is 0 Å². The average Bonchev–Trinajstić information content (AvgIpc) is 2.05. The Hall–Kier alpha value is -0.420. The van der Waals surface area contributed by atoms with Crippen molar-refractivity contribution in [1.82, 2.24) is 10.2 Å². The van der Waals surface area contributed by atoms with Gasteiger partial charge in [-0.1, -0.05) is 6.58 Å². The second kappa shape index (κ2) is 8.19. The minimum Gasteiger partial charge on any atom is -0.395 e. The van der Waals surface area contributed by atoms with Crippen LogP contribution in [0.3, 0.4) is 0 Å². The molecule has 0 radical (unpaired) electrons. The molecule has 0 heterocycles. The van der Waals surface area contributed by atoms with Crippen molar-refractivity contribution in [2.24, 2.45) is 0 Å². The molecular weight excluding hydrogens is 168 g/mol. The molecule has 0 rings (SSSR count). The first kappa shape index (κ1) is 12.6. The monoisotopic (exact) mass is 188 g/mol. The second-order valence-corrected chi connectivity index (χ2v) is 3.00. The van der Waals surface area contributed by atoms with Crippen LogP contribution in [0.5, 0.6) is 0 Å². The number of likely N-dealkylation sites (N-methyl/N-ethyl adjacent to an activating group) is 1. The summed E-state index contributed by atoms with van der Waals surface area (Å²) in [6, 6.07) is 0. The van der Waals surface area contributed by atoms with Gasteiger partial charge in [0, 0.05) is 26.2 Å². The van der Waals surface area contributed by atoms with Gasteiger partial charge in [-0.25, -0.2) is 0 Å². The molecule has 0 bridgehead atoms. The Balaban J connectivity index is 3.71. The normalized spacial score (nSPS) is 10.8. The van der Waals surface area contributed by atoms with E-state index in [1.807, 2.05) is 11.9 Å². The summed E-state index contributed by atoms with van der Waals surface area (Å²) in [4.78, 5) is 1.97. The predicted octanol–water partition coefficient (Wildman–Crippen LogP) is -0.951. The third-order valence-electron chi connectivity index (χ3n) is 1.71. The number of aliphatic hydroxyl groups is 2. The largest absolute Gasteiger partial charge is 0.395 e. The van der Waals surface area contributed by atoms with E-state index in [1.54, 1.807) is 0 Å². The maximum atomic E-state index is 8.74. The highest BCUT2D eigenvalue weighted by molar-refractivity contribution is 4.99. The van der Waals surface area contributed by atoms with Crippen molar-refractivity contribution in [2.75, 3.05) is 46.4 Å². The zero-order valence-electron chi connectivity index (χ0n) is 8.29. The third kappa shape index (κ3) is 6.72. The number of aliphatic hydroxyl groups excluding tert-OH is 2. The van der Waals surface area contributed by atoms with Crippen LogP contribution in [-0.4, -0.2) is 61.6 Å². The number of nitrogens with one attached hydrogen (secondary N) is 1. The van der Waals surface area contributed by atoms with Crippen LogP contribution < -0.4 is 5.32 Å². The van der Waals surface area contributed by atoms with Gasteiger partial charge in [0.05, 0.1) is 13.2 Å². The fourth-order valence-electron chi connectivity index (χ4n) is 1.17. The Morgan fingerprint density at radius 2 is 1.85 bits per heavy atom. The van der Waals surface area contributed by atoms with Gasteiger partial charge in [0.25, 0.3) is 0 Å². The van der Waals surface area contributed by atoms with Crippen molar-refractivity contribution in [2.45, 2.75) is 0 Å². The fraction of sp³-hybridized carbons (Fsp3) is 0.778. The summed E-state index contributed by atoms with van der Waals surface area (Å²) in [7, 11) is 1.87. The zero-order chi connectivity index (χ0) is 10.1. The summed E-state index contributed by atoms with van der Waals surface area (Å²) in [5.74, 6) is 0. The van der Waals surface area contributed by atoms with E-state index in [0.29, 0.717) is 13.1 Å². The lowest BCUT2D eigenvalue weighted by atomic mass is 10.2. The van der Waals surface area contributed by atoms with Crippen molar-refractivity contribution in [3.63, 3.8) is 0 Å². The van der Waals surface area contributed by atoms with Gasteiger partial charge in [0.15, 0.2) is 0 Å². The molecule has 0 saturated heterocycles. The molecule has 0 aromatic rings. The van der Waals surface area contributed by atoms with E-state index in [2.05, 4.69) is 11.9 Å². The molecule has 0 aliphatic carbocycles. The van der Waals surface area contributed by atoms with E-state index in [1.165, 1.54) is 0 Å². The highest BCUT2D eigenvalue weighted by Gasteiger charge is 2.04. The SMILES string of the molecule is C=C(CNC)CN(CCO)CCO. The first-order valence-corrected chi connectivity index (χ1v) is 4.50. The molecule has 0 atom stereocenters. The van der Waals surface area contributed by atoms with E-state index in [4.69, 9.17) is 10.2 Å². The highest BCUT2D eigenvalue weighted by atomic mass is 16.3. The minimum absolute atomic E-state index is 0.118.